The van der Waals surface area contributed by atoms with Gasteiger partial charge in [0.15, 0.2) is 11.3 Å². The van der Waals surface area contributed by atoms with Crippen LogP contribution in [0.2, 0.25) is 5.02 Å². The third-order valence-corrected chi connectivity index (χ3v) is 5.89. The first-order valence-electron chi connectivity index (χ1n) is 9.70. The quantitative estimate of drug-likeness (QED) is 0.504. The lowest BCUT2D eigenvalue weighted by Gasteiger charge is -2.15. The average molecular weight is 421 g/mol. The zero-order valence-electron chi connectivity index (χ0n) is 15.8. The fraction of sp³-hybridized carbons (Fsp3) is 0.227. The van der Waals surface area contributed by atoms with E-state index in [1.165, 1.54) is 0 Å². The standard InChI is InChI=1S/C22H17ClN4O3/c23-15-8-9-17-16(11-15)20-25-21(28)18(12-4-2-1-3-5-12)26-27(20)19(24-17)13-6-7-14(10-13)22(29)30/h1-5,8-9,11,13-14H,6-7,10H2,(H,29,30)/t13-,14+/m0/s1. The van der Waals surface area contributed by atoms with Gasteiger partial charge in [-0.05, 0) is 37.5 Å². The number of carbonyl (C=O) groups is 1. The highest BCUT2D eigenvalue weighted by Crippen LogP contribution is 2.38. The summed E-state index contributed by atoms with van der Waals surface area (Å²) in [6.45, 7) is 0. The van der Waals surface area contributed by atoms with E-state index in [0.29, 0.717) is 52.2 Å². The van der Waals surface area contributed by atoms with Crippen molar-refractivity contribution in [2.45, 2.75) is 25.2 Å². The number of aromatic nitrogens is 4. The Morgan fingerprint density at radius 3 is 2.63 bits per heavy atom. The minimum absolute atomic E-state index is 0.0888. The molecule has 0 amide bonds. The first kappa shape index (κ1) is 18.7. The minimum Gasteiger partial charge on any atom is -0.481 e. The SMILES string of the molecule is O=C(O)[C@@H]1CC[C@H](c2nc3ccc(Cl)cc3c3nc(=O)c(-c4ccccc4)nn23)C1. The van der Waals surface area contributed by atoms with Crippen molar-refractivity contribution in [3.63, 3.8) is 0 Å². The Bertz CT molecular complexity index is 1350. The lowest BCUT2D eigenvalue weighted by Crippen LogP contribution is -2.20. The smallest absolute Gasteiger partial charge is 0.306 e. The molecule has 1 saturated carbocycles. The number of rotatable bonds is 3. The number of carboxylic acid groups (broad SMARTS) is 1. The van der Waals surface area contributed by atoms with Crippen molar-refractivity contribution in [2.75, 3.05) is 0 Å². The second kappa shape index (κ2) is 7.18. The summed E-state index contributed by atoms with van der Waals surface area (Å²) < 4.78 is 1.59. The van der Waals surface area contributed by atoms with Gasteiger partial charge in [-0.3, -0.25) is 9.59 Å². The maximum atomic E-state index is 12.8. The molecule has 5 rings (SSSR count). The van der Waals surface area contributed by atoms with Gasteiger partial charge in [-0.2, -0.15) is 14.6 Å². The average Bonchev–Trinajstić information content (AvgIpc) is 3.24. The summed E-state index contributed by atoms with van der Waals surface area (Å²) in [5, 5.41) is 15.2. The Hall–Kier alpha value is -3.32. The summed E-state index contributed by atoms with van der Waals surface area (Å²) in [7, 11) is 0. The Balaban J connectivity index is 1.80. The molecule has 150 valence electrons. The molecule has 1 aliphatic carbocycles. The van der Waals surface area contributed by atoms with Crippen molar-refractivity contribution in [3.05, 3.63) is 69.7 Å². The van der Waals surface area contributed by atoms with Gasteiger partial charge in [0.2, 0.25) is 0 Å². The molecule has 0 aliphatic heterocycles. The van der Waals surface area contributed by atoms with E-state index in [0.717, 1.165) is 0 Å². The molecule has 1 aliphatic rings. The summed E-state index contributed by atoms with van der Waals surface area (Å²) in [5.41, 5.74) is 1.48. The van der Waals surface area contributed by atoms with Gasteiger partial charge in [0.05, 0.1) is 11.4 Å². The number of aliphatic carboxylic acids is 1. The molecule has 1 N–H and O–H groups in total. The van der Waals surface area contributed by atoms with Crippen molar-refractivity contribution >= 4 is 34.1 Å². The molecule has 0 saturated heterocycles. The fourth-order valence-electron chi connectivity index (χ4n) is 4.16. The highest BCUT2D eigenvalue weighted by Gasteiger charge is 2.33. The van der Waals surface area contributed by atoms with Crippen molar-refractivity contribution in [2.24, 2.45) is 5.92 Å². The van der Waals surface area contributed by atoms with Gasteiger partial charge >= 0.3 is 5.97 Å². The first-order valence-corrected chi connectivity index (χ1v) is 10.1. The van der Waals surface area contributed by atoms with E-state index in [4.69, 9.17) is 16.6 Å². The highest BCUT2D eigenvalue weighted by molar-refractivity contribution is 6.31. The second-order valence-electron chi connectivity index (χ2n) is 7.54. The number of hydrogen-bond acceptors (Lipinski definition) is 5. The van der Waals surface area contributed by atoms with Gasteiger partial charge in [-0.1, -0.05) is 41.9 Å². The molecule has 1 fully saturated rings. The molecule has 8 heteroatoms. The molecule has 0 unspecified atom stereocenters. The van der Waals surface area contributed by atoms with E-state index in [2.05, 4.69) is 10.1 Å². The minimum atomic E-state index is -0.794. The number of benzene rings is 2. The molecule has 2 heterocycles. The molecular formula is C22H17ClN4O3. The molecule has 2 atom stereocenters. The van der Waals surface area contributed by atoms with Crippen molar-refractivity contribution in [1.82, 2.24) is 19.6 Å². The Labute approximate surface area is 176 Å². The number of carboxylic acids is 1. The fourth-order valence-corrected chi connectivity index (χ4v) is 4.33. The van der Waals surface area contributed by atoms with Gasteiger partial charge in [0, 0.05) is 21.9 Å². The van der Waals surface area contributed by atoms with Crippen LogP contribution in [-0.2, 0) is 4.79 Å². The van der Waals surface area contributed by atoms with Crippen molar-refractivity contribution in [3.8, 4) is 11.3 Å². The van der Waals surface area contributed by atoms with E-state index in [1.54, 1.807) is 34.8 Å². The van der Waals surface area contributed by atoms with Crippen LogP contribution in [-0.4, -0.2) is 30.7 Å². The predicted octanol–water partition coefficient (Wildman–Crippen LogP) is 3.93. The summed E-state index contributed by atoms with van der Waals surface area (Å²) in [6, 6.07) is 14.4. The van der Waals surface area contributed by atoms with Crippen LogP contribution in [0, 0.1) is 5.92 Å². The summed E-state index contributed by atoms with van der Waals surface area (Å²) in [5.74, 6) is -0.673. The Morgan fingerprint density at radius 1 is 1.10 bits per heavy atom. The van der Waals surface area contributed by atoms with Crippen molar-refractivity contribution < 1.29 is 9.90 Å². The largest absolute Gasteiger partial charge is 0.481 e. The van der Waals surface area contributed by atoms with Crippen LogP contribution in [0.1, 0.15) is 31.0 Å². The molecule has 30 heavy (non-hydrogen) atoms. The van der Waals surface area contributed by atoms with Crippen LogP contribution < -0.4 is 5.56 Å². The van der Waals surface area contributed by atoms with Crippen molar-refractivity contribution in [1.29, 1.82) is 0 Å². The van der Waals surface area contributed by atoms with Gasteiger partial charge < -0.3 is 5.11 Å². The van der Waals surface area contributed by atoms with E-state index in [9.17, 15) is 14.7 Å². The van der Waals surface area contributed by atoms with Gasteiger partial charge in [-0.25, -0.2) is 4.98 Å². The van der Waals surface area contributed by atoms with Gasteiger partial charge in [0.1, 0.15) is 5.82 Å². The number of nitrogens with zero attached hydrogens (tertiary/aromatic N) is 4. The third kappa shape index (κ3) is 3.11. The molecule has 4 aromatic rings. The number of halogens is 1. The lowest BCUT2D eigenvalue weighted by molar-refractivity contribution is -0.141. The Morgan fingerprint density at radius 2 is 1.90 bits per heavy atom. The molecule has 0 radical (unpaired) electrons. The van der Waals surface area contributed by atoms with Crippen LogP contribution in [0.25, 0.3) is 27.8 Å². The summed E-state index contributed by atoms with van der Waals surface area (Å²) in [4.78, 5) is 33.4. The third-order valence-electron chi connectivity index (χ3n) is 5.66. The zero-order valence-corrected chi connectivity index (χ0v) is 16.6. The molecule has 0 bridgehead atoms. The van der Waals surface area contributed by atoms with Crippen LogP contribution in [0.3, 0.4) is 0 Å². The van der Waals surface area contributed by atoms with Crippen LogP contribution in [0.5, 0.6) is 0 Å². The maximum Gasteiger partial charge on any atom is 0.306 e. The number of hydrogen-bond donors (Lipinski definition) is 1. The van der Waals surface area contributed by atoms with Gasteiger partial charge in [-0.15, -0.1) is 0 Å². The number of fused-ring (bicyclic) bond motifs is 3. The van der Waals surface area contributed by atoms with Crippen LogP contribution in [0.15, 0.2) is 53.3 Å². The molecule has 7 nitrogen and oxygen atoms in total. The Kier molecular flexibility index (Phi) is 4.47. The van der Waals surface area contributed by atoms with Crippen LogP contribution >= 0.6 is 11.6 Å². The van der Waals surface area contributed by atoms with E-state index >= 15 is 0 Å². The zero-order chi connectivity index (χ0) is 20.8. The topological polar surface area (TPSA) is 97.5 Å². The van der Waals surface area contributed by atoms with E-state index < -0.39 is 17.4 Å². The first-order chi connectivity index (χ1) is 14.5. The monoisotopic (exact) mass is 420 g/mol. The lowest BCUT2D eigenvalue weighted by atomic mass is 10.0. The van der Waals surface area contributed by atoms with E-state index in [1.807, 2.05) is 18.2 Å². The molecular weight excluding hydrogens is 404 g/mol. The molecule has 0 spiro atoms. The predicted molar refractivity (Wildman–Crippen MR) is 113 cm³/mol. The highest BCUT2D eigenvalue weighted by atomic mass is 35.5. The normalized spacial score (nSPS) is 18.8. The van der Waals surface area contributed by atoms with Crippen LogP contribution in [0.4, 0.5) is 0 Å². The second-order valence-corrected chi connectivity index (χ2v) is 7.98. The molecule has 2 aromatic carbocycles. The molecule has 2 aromatic heterocycles. The summed E-state index contributed by atoms with van der Waals surface area (Å²) >= 11 is 6.18. The van der Waals surface area contributed by atoms with Gasteiger partial charge in [0.25, 0.3) is 5.56 Å². The summed E-state index contributed by atoms with van der Waals surface area (Å²) in [6.07, 6.45) is 1.75. The van der Waals surface area contributed by atoms with E-state index in [-0.39, 0.29) is 11.6 Å². The maximum absolute atomic E-state index is 12.8.